The molecule has 11 rings (SSSR count). The van der Waals surface area contributed by atoms with E-state index in [0.29, 0.717) is 23.2 Å². The number of nitrogens with zero attached hydrogens (tertiary/aromatic N) is 5. The summed E-state index contributed by atoms with van der Waals surface area (Å²) in [5.74, 6) is 1.67. The van der Waals surface area contributed by atoms with E-state index in [1.807, 2.05) is 54.6 Å². The SMILES string of the molecule is c1ccc2c(c1)oc1cccc(-c3ccc(-c4nc(-c5cccc6oc7cnccc7c56)nc(-n5c6ccccc6c6ccccc65)n4)cc3)c12. The summed E-state index contributed by atoms with van der Waals surface area (Å²) in [5, 5.41) is 6.38. The van der Waals surface area contributed by atoms with E-state index < -0.39 is 0 Å². The first kappa shape index (κ1) is 27.8. The van der Waals surface area contributed by atoms with E-state index in [9.17, 15) is 0 Å². The summed E-state index contributed by atoms with van der Waals surface area (Å²) in [6.07, 6.45) is 3.53. The Hall–Kier alpha value is -7.12. The lowest BCUT2D eigenvalue weighted by molar-refractivity contribution is 0.667. The minimum atomic E-state index is 0.539. The van der Waals surface area contributed by atoms with Crippen LogP contribution in [0.15, 0.2) is 161 Å². The highest BCUT2D eigenvalue weighted by Crippen LogP contribution is 2.39. The number of hydrogen-bond donors (Lipinski definition) is 0. The number of fused-ring (bicyclic) bond motifs is 9. The molecular formula is C44H25N5O2. The van der Waals surface area contributed by atoms with Crippen molar-refractivity contribution >= 4 is 65.7 Å². The number of furan rings is 2. The highest BCUT2D eigenvalue weighted by molar-refractivity contribution is 6.13. The molecule has 0 radical (unpaired) electrons. The summed E-state index contributed by atoms with van der Waals surface area (Å²) < 4.78 is 14.5. The molecule has 0 fully saturated rings. The van der Waals surface area contributed by atoms with Gasteiger partial charge in [-0.1, -0.05) is 103 Å². The Bertz CT molecular complexity index is 3100. The van der Waals surface area contributed by atoms with Crippen molar-refractivity contribution in [3.8, 4) is 39.9 Å². The van der Waals surface area contributed by atoms with Crippen molar-refractivity contribution in [2.45, 2.75) is 0 Å². The minimum Gasteiger partial charge on any atom is -0.456 e. The van der Waals surface area contributed by atoms with E-state index in [1.165, 1.54) is 0 Å². The number of pyridine rings is 1. The second-order valence-electron chi connectivity index (χ2n) is 12.7. The van der Waals surface area contributed by atoms with Crippen LogP contribution < -0.4 is 0 Å². The van der Waals surface area contributed by atoms with Crippen molar-refractivity contribution in [1.82, 2.24) is 24.5 Å². The van der Waals surface area contributed by atoms with Gasteiger partial charge in [0, 0.05) is 49.6 Å². The molecule has 7 nitrogen and oxygen atoms in total. The van der Waals surface area contributed by atoms with Gasteiger partial charge in [-0.2, -0.15) is 9.97 Å². The van der Waals surface area contributed by atoms with Crippen LogP contribution in [0.3, 0.4) is 0 Å². The maximum Gasteiger partial charge on any atom is 0.238 e. The van der Waals surface area contributed by atoms with Gasteiger partial charge >= 0.3 is 0 Å². The molecule has 6 aromatic carbocycles. The number of benzene rings is 6. The Kier molecular flexibility index (Phi) is 5.83. The van der Waals surface area contributed by atoms with Crippen LogP contribution >= 0.6 is 0 Å². The molecule has 7 heteroatoms. The smallest absolute Gasteiger partial charge is 0.238 e. The van der Waals surface area contributed by atoms with Crippen LogP contribution in [0.1, 0.15) is 0 Å². The van der Waals surface area contributed by atoms with Gasteiger partial charge in [-0.05, 0) is 47.5 Å². The fraction of sp³-hybridized carbons (Fsp3) is 0. The second kappa shape index (κ2) is 10.7. The molecule has 0 N–H and O–H groups in total. The number of para-hydroxylation sites is 3. The number of aromatic nitrogens is 5. The van der Waals surface area contributed by atoms with Crippen molar-refractivity contribution in [3.05, 3.63) is 152 Å². The molecule has 0 aliphatic heterocycles. The highest BCUT2D eigenvalue weighted by atomic mass is 16.3. The van der Waals surface area contributed by atoms with Crippen LogP contribution in [-0.2, 0) is 0 Å². The predicted molar refractivity (Wildman–Crippen MR) is 203 cm³/mol. The lowest BCUT2D eigenvalue weighted by atomic mass is 9.98. The van der Waals surface area contributed by atoms with Crippen LogP contribution in [0.5, 0.6) is 0 Å². The summed E-state index contributed by atoms with van der Waals surface area (Å²) in [7, 11) is 0. The fourth-order valence-corrected chi connectivity index (χ4v) is 7.53. The first-order chi connectivity index (χ1) is 25.3. The van der Waals surface area contributed by atoms with Gasteiger partial charge in [0.05, 0.1) is 17.2 Å². The van der Waals surface area contributed by atoms with E-state index in [2.05, 4.69) is 94.5 Å². The Morgan fingerprint density at radius 1 is 0.412 bits per heavy atom. The lowest BCUT2D eigenvalue weighted by Crippen LogP contribution is -2.06. The van der Waals surface area contributed by atoms with Gasteiger partial charge in [0.1, 0.15) is 16.7 Å². The Balaban J connectivity index is 1.14. The maximum atomic E-state index is 6.21. The van der Waals surface area contributed by atoms with Crippen LogP contribution in [0.2, 0.25) is 0 Å². The second-order valence-corrected chi connectivity index (χ2v) is 12.7. The molecule has 51 heavy (non-hydrogen) atoms. The average molecular weight is 656 g/mol. The zero-order chi connectivity index (χ0) is 33.5. The molecule has 0 saturated carbocycles. The molecule has 0 unspecified atom stereocenters. The molecule has 5 aromatic heterocycles. The summed E-state index contributed by atoms with van der Waals surface area (Å²) in [6.45, 7) is 0. The van der Waals surface area contributed by atoms with E-state index in [0.717, 1.165) is 82.4 Å². The first-order valence-electron chi connectivity index (χ1n) is 16.8. The van der Waals surface area contributed by atoms with Gasteiger partial charge in [0.25, 0.3) is 0 Å². The van der Waals surface area contributed by atoms with E-state index in [1.54, 1.807) is 12.4 Å². The zero-order valence-corrected chi connectivity index (χ0v) is 27.0. The molecule has 11 aromatic rings. The van der Waals surface area contributed by atoms with Crippen molar-refractivity contribution in [1.29, 1.82) is 0 Å². The summed E-state index contributed by atoms with van der Waals surface area (Å²) in [5.41, 5.74) is 9.19. The molecule has 0 atom stereocenters. The largest absolute Gasteiger partial charge is 0.456 e. The Morgan fingerprint density at radius 3 is 1.75 bits per heavy atom. The molecule has 0 saturated heterocycles. The van der Waals surface area contributed by atoms with E-state index >= 15 is 0 Å². The van der Waals surface area contributed by atoms with Gasteiger partial charge in [0.2, 0.25) is 5.95 Å². The fourth-order valence-electron chi connectivity index (χ4n) is 7.53. The molecule has 5 heterocycles. The Morgan fingerprint density at radius 2 is 0.980 bits per heavy atom. The molecular weight excluding hydrogens is 631 g/mol. The number of rotatable bonds is 4. The molecule has 0 aliphatic rings. The normalized spacial score (nSPS) is 11.9. The third kappa shape index (κ3) is 4.18. The summed E-state index contributed by atoms with van der Waals surface area (Å²) in [6, 6.07) is 47.6. The summed E-state index contributed by atoms with van der Waals surface area (Å²) >= 11 is 0. The standard InChI is InChI=1S/C44H25N5O2/c1-4-14-34-29(9-1)30-10-2-5-15-35(30)49(34)44-47-42(46-43(48-44)33-13-8-18-38-41(33)32-23-24-45-25-39(32)51-38)27-21-19-26(20-22-27)28-12-7-17-37-40(28)31-11-3-6-16-36(31)50-37/h1-25H. The van der Waals surface area contributed by atoms with E-state index in [-0.39, 0.29) is 0 Å². The molecule has 0 spiro atoms. The van der Waals surface area contributed by atoms with Crippen LogP contribution in [0.25, 0.3) is 106 Å². The zero-order valence-electron chi connectivity index (χ0n) is 27.0. The topological polar surface area (TPSA) is 82.8 Å². The van der Waals surface area contributed by atoms with Crippen molar-refractivity contribution in [3.63, 3.8) is 0 Å². The average Bonchev–Trinajstić information content (AvgIpc) is 3.87. The van der Waals surface area contributed by atoms with Gasteiger partial charge in [-0.25, -0.2) is 4.98 Å². The van der Waals surface area contributed by atoms with Crippen LogP contribution in [-0.4, -0.2) is 24.5 Å². The predicted octanol–water partition coefficient (Wildman–Crippen LogP) is 11.2. The van der Waals surface area contributed by atoms with Crippen LogP contribution in [0, 0.1) is 0 Å². The molecule has 0 bridgehead atoms. The van der Waals surface area contributed by atoms with E-state index in [4.69, 9.17) is 23.8 Å². The van der Waals surface area contributed by atoms with Crippen molar-refractivity contribution in [2.24, 2.45) is 0 Å². The van der Waals surface area contributed by atoms with Gasteiger partial charge < -0.3 is 8.83 Å². The van der Waals surface area contributed by atoms with Crippen molar-refractivity contribution < 1.29 is 8.83 Å². The highest BCUT2D eigenvalue weighted by Gasteiger charge is 2.21. The van der Waals surface area contributed by atoms with Gasteiger partial charge in [0.15, 0.2) is 17.2 Å². The van der Waals surface area contributed by atoms with Gasteiger partial charge in [-0.15, -0.1) is 0 Å². The quantitative estimate of drug-likeness (QED) is 0.188. The third-order valence-electron chi connectivity index (χ3n) is 9.80. The first-order valence-corrected chi connectivity index (χ1v) is 16.8. The molecule has 0 aliphatic carbocycles. The molecule has 0 amide bonds. The van der Waals surface area contributed by atoms with Crippen LogP contribution in [0.4, 0.5) is 0 Å². The monoisotopic (exact) mass is 655 g/mol. The lowest BCUT2D eigenvalue weighted by Gasteiger charge is -2.12. The third-order valence-corrected chi connectivity index (χ3v) is 9.80. The summed E-state index contributed by atoms with van der Waals surface area (Å²) in [4.78, 5) is 19.8. The van der Waals surface area contributed by atoms with Crippen molar-refractivity contribution in [2.75, 3.05) is 0 Å². The maximum absolute atomic E-state index is 6.21. The number of hydrogen-bond acceptors (Lipinski definition) is 6. The Labute approximate surface area is 290 Å². The minimum absolute atomic E-state index is 0.539. The molecule has 238 valence electrons. The van der Waals surface area contributed by atoms with Gasteiger partial charge in [-0.3, -0.25) is 9.55 Å².